The monoisotopic (exact) mass is 398 g/mol. The van der Waals surface area contributed by atoms with Gasteiger partial charge >= 0.3 is 0 Å². The molecule has 0 spiro atoms. The van der Waals surface area contributed by atoms with Gasteiger partial charge in [0.15, 0.2) is 0 Å². The molecule has 0 aliphatic carbocycles. The molecule has 144 valence electrons. The SMILES string of the molecule is CCc1c(CCC(=O)N=O)n(C(=O)c2ccc(Cl)cc2)c2ccc(OC)cc12. The van der Waals surface area contributed by atoms with E-state index in [0.717, 1.165) is 16.5 Å². The third-order valence-corrected chi connectivity index (χ3v) is 4.97. The fourth-order valence-corrected chi connectivity index (χ4v) is 3.52. The maximum atomic E-state index is 13.3. The van der Waals surface area contributed by atoms with Crippen LogP contribution in [0.3, 0.4) is 0 Å². The third kappa shape index (κ3) is 3.68. The van der Waals surface area contributed by atoms with Crippen molar-refractivity contribution in [2.45, 2.75) is 26.2 Å². The first-order chi connectivity index (χ1) is 13.5. The number of benzene rings is 2. The fourth-order valence-electron chi connectivity index (χ4n) is 3.40. The lowest BCUT2D eigenvalue weighted by Crippen LogP contribution is -2.16. The first-order valence-electron chi connectivity index (χ1n) is 8.86. The number of hydrogen-bond acceptors (Lipinski definition) is 4. The molecule has 6 nitrogen and oxygen atoms in total. The van der Waals surface area contributed by atoms with Gasteiger partial charge in [-0.25, -0.2) is 0 Å². The average Bonchev–Trinajstić information content (AvgIpc) is 3.04. The van der Waals surface area contributed by atoms with Crippen LogP contribution >= 0.6 is 11.6 Å². The number of methoxy groups -OCH3 is 1. The summed E-state index contributed by atoms with van der Waals surface area (Å²) in [6.45, 7) is 1.98. The summed E-state index contributed by atoms with van der Waals surface area (Å²) in [6.07, 6.45) is 0.838. The van der Waals surface area contributed by atoms with E-state index >= 15 is 0 Å². The van der Waals surface area contributed by atoms with Crippen LogP contribution in [0, 0.1) is 4.91 Å². The Labute approximate surface area is 167 Å². The molecule has 0 bridgehead atoms. The fraction of sp³-hybridized carbons (Fsp3) is 0.238. The lowest BCUT2D eigenvalue weighted by molar-refractivity contribution is -0.117. The van der Waals surface area contributed by atoms with E-state index < -0.39 is 5.91 Å². The molecule has 7 heteroatoms. The number of hydrogen-bond donors (Lipinski definition) is 0. The third-order valence-electron chi connectivity index (χ3n) is 4.71. The van der Waals surface area contributed by atoms with Gasteiger partial charge in [0.2, 0.25) is 0 Å². The normalized spacial score (nSPS) is 10.8. The molecule has 0 aliphatic rings. The van der Waals surface area contributed by atoms with E-state index in [1.807, 2.05) is 19.1 Å². The standard InChI is InChI=1S/C21H19ClN2O4/c1-3-16-17-12-15(28-2)8-9-19(17)24(18(16)10-11-20(25)23-27)21(26)13-4-6-14(22)7-5-13/h4-9,12H,3,10-11H2,1-2H3. The summed E-state index contributed by atoms with van der Waals surface area (Å²) in [5.74, 6) is -0.293. The van der Waals surface area contributed by atoms with Crippen LogP contribution in [0.4, 0.5) is 0 Å². The van der Waals surface area contributed by atoms with Crippen molar-refractivity contribution >= 4 is 34.3 Å². The summed E-state index contributed by atoms with van der Waals surface area (Å²) < 4.78 is 6.93. The molecule has 2 aromatic carbocycles. The van der Waals surface area contributed by atoms with Gasteiger partial charge in [-0.15, -0.1) is 4.91 Å². The summed E-state index contributed by atoms with van der Waals surface area (Å²) in [6, 6.07) is 12.1. The molecule has 1 heterocycles. The second-order valence-corrected chi connectivity index (χ2v) is 6.73. The zero-order valence-electron chi connectivity index (χ0n) is 15.6. The highest BCUT2D eigenvalue weighted by molar-refractivity contribution is 6.30. The van der Waals surface area contributed by atoms with Crippen LogP contribution in [0.5, 0.6) is 5.75 Å². The number of aryl methyl sites for hydroxylation is 1. The van der Waals surface area contributed by atoms with E-state index in [2.05, 4.69) is 5.18 Å². The summed E-state index contributed by atoms with van der Waals surface area (Å²) in [7, 11) is 1.58. The van der Waals surface area contributed by atoms with E-state index in [0.29, 0.717) is 28.5 Å². The largest absolute Gasteiger partial charge is 0.497 e. The van der Waals surface area contributed by atoms with Crippen LogP contribution in [-0.2, 0) is 17.6 Å². The van der Waals surface area contributed by atoms with E-state index in [1.54, 1.807) is 42.0 Å². The van der Waals surface area contributed by atoms with E-state index in [9.17, 15) is 14.5 Å². The molecular weight excluding hydrogens is 380 g/mol. The number of rotatable bonds is 6. The lowest BCUT2D eigenvalue weighted by atomic mass is 10.1. The Morgan fingerprint density at radius 3 is 2.46 bits per heavy atom. The van der Waals surface area contributed by atoms with Gasteiger partial charge in [0.1, 0.15) is 5.75 Å². The van der Waals surface area contributed by atoms with Gasteiger partial charge in [-0.2, -0.15) is 0 Å². The van der Waals surface area contributed by atoms with Crippen LogP contribution < -0.4 is 4.74 Å². The van der Waals surface area contributed by atoms with E-state index in [1.165, 1.54) is 0 Å². The molecule has 3 rings (SSSR count). The van der Waals surface area contributed by atoms with E-state index in [-0.39, 0.29) is 18.7 Å². The minimum atomic E-state index is -0.740. The molecule has 1 aromatic heterocycles. The highest BCUT2D eigenvalue weighted by Crippen LogP contribution is 2.32. The Morgan fingerprint density at radius 1 is 1.14 bits per heavy atom. The lowest BCUT2D eigenvalue weighted by Gasteiger charge is -2.10. The highest BCUT2D eigenvalue weighted by atomic mass is 35.5. The number of carbonyl (C=O) groups excluding carboxylic acids is 2. The molecule has 28 heavy (non-hydrogen) atoms. The quantitative estimate of drug-likeness (QED) is 0.560. The first-order valence-corrected chi connectivity index (χ1v) is 9.24. The molecular formula is C21H19ClN2O4. The Kier molecular flexibility index (Phi) is 5.90. The topological polar surface area (TPSA) is 77.7 Å². The van der Waals surface area contributed by atoms with Crippen molar-refractivity contribution < 1.29 is 14.3 Å². The Hall–Kier alpha value is -2.99. The Balaban J connectivity index is 2.22. The van der Waals surface area contributed by atoms with Gasteiger partial charge in [0.25, 0.3) is 11.8 Å². The molecule has 0 fully saturated rings. The minimum absolute atomic E-state index is 0.0577. The predicted molar refractivity (Wildman–Crippen MR) is 108 cm³/mol. The van der Waals surface area contributed by atoms with Crippen LogP contribution in [0.2, 0.25) is 5.02 Å². The molecule has 0 unspecified atom stereocenters. The van der Waals surface area contributed by atoms with Crippen molar-refractivity contribution in [1.29, 1.82) is 0 Å². The molecule has 1 amide bonds. The van der Waals surface area contributed by atoms with Gasteiger partial charge in [-0.3, -0.25) is 14.2 Å². The molecule has 3 aromatic rings. The first kappa shape index (κ1) is 19.8. The van der Waals surface area contributed by atoms with E-state index in [4.69, 9.17) is 16.3 Å². The predicted octanol–water partition coefficient (Wildman–Crippen LogP) is 4.78. The molecule has 0 N–H and O–H groups in total. The highest BCUT2D eigenvalue weighted by Gasteiger charge is 2.22. The average molecular weight is 399 g/mol. The van der Waals surface area contributed by atoms with Crippen molar-refractivity contribution in [3.8, 4) is 5.75 Å². The van der Waals surface area contributed by atoms with Crippen molar-refractivity contribution in [1.82, 2.24) is 4.57 Å². The van der Waals surface area contributed by atoms with Crippen LogP contribution in [0.1, 0.15) is 35.0 Å². The van der Waals surface area contributed by atoms with Gasteiger partial charge in [0.05, 0.1) is 12.6 Å². The van der Waals surface area contributed by atoms with Gasteiger partial charge in [0, 0.05) is 33.3 Å². The van der Waals surface area contributed by atoms with Gasteiger partial charge in [-0.05, 0) is 60.9 Å². The molecule has 0 saturated carbocycles. The summed E-state index contributed by atoms with van der Waals surface area (Å²) >= 11 is 5.94. The maximum Gasteiger partial charge on any atom is 0.286 e. The van der Waals surface area contributed by atoms with Crippen molar-refractivity contribution in [3.63, 3.8) is 0 Å². The van der Waals surface area contributed by atoms with Crippen molar-refractivity contribution in [2.24, 2.45) is 5.18 Å². The summed E-state index contributed by atoms with van der Waals surface area (Å²) in [4.78, 5) is 35.3. The summed E-state index contributed by atoms with van der Waals surface area (Å²) in [5, 5.41) is 3.88. The number of carbonyl (C=O) groups is 2. The number of ether oxygens (including phenoxy) is 1. The van der Waals surface area contributed by atoms with Crippen molar-refractivity contribution in [2.75, 3.05) is 7.11 Å². The van der Waals surface area contributed by atoms with Crippen LogP contribution in [-0.4, -0.2) is 23.5 Å². The number of nitroso groups, excluding NO2 is 1. The van der Waals surface area contributed by atoms with Crippen molar-refractivity contribution in [3.05, 3.63) is 69.2 Å². The second-order valence-electron chi connectivity index (χ2n) is 6.29. The number of amides is 1. The van der Waals surface area contributed by atoms with Crippen LogP contribution in [0.25, 0.3) is 10.9 Å². The smallest absolute Gasteiger partial charge is 0.286 e. The number of fused-ring (bicyclic) bond motifs is 1. The number of aromatic nitrogens is 1. The maximum absolute atomic E-state index is 13.3. The van der Waals surface area contributed by atoms with Gasteiger partial charge < -0.3 is 4.74 Å². The molecule has 0 aliphatic heterocycles. The van der Waals surface area contributed by atoms with Gasteiger partial charge in [-0.1, -0.05) is 18.5 Å². The zero-order valence-corrected chi connectivity index (χ0v) is 16.3. The number of nitrogens with zero attached hydrogens (tertiary/aromatic N) is 2. The Morgan fingerprint density at radius 2 is 1.86 bits per heavy atom. The second kappa shape index (κ2) is 8.35. The Bertz CT molecular complexity index is 1050. The number of halogens is 1. The molecule has 0 saturated heterocycles. The zero-order chi connectivity index (χ0) is 20.3. The summed E-state index contributed by atoms with van der Waals surface area (Å²) in [5.41, 5.74) is 2.83. The minimum Gasteiger partial charge on any atom is -0.497 e. The van der Waals surface area contributed by atoms with Crippen LogP contribution in [0.15, 0.2) is 47.6 Å². The molecule has 0 atom stereocenters. The molecule has 0 radical (unpaired) electrons.